The lowest BCUT2D eigenvalue weighted by Gasteiger charge is -2.22. The van der Waals surface area contributed by atoms with Crippen LogP contribution in [0, 0.1) is 10.1 Å². The molecule has 1 fully saturated rings. The molecule has 0 amide bonds. The fraction of sp³-hybridized carbons (Fsp3) is 0.500. The van der Waals surface area contributed by atoms with E-state index in [1.807, 2.05) is 0 Å². The van der Waals surface area contributed by atoms with Crippen LogP contribution in [0.15, 0.2) is 12.3 Å². The van der Waals surface area contributed by atoms with E-state index in [0.29, 0.717) is 13.2 Å². The van der Waals surface area contributed by atoms with Crippen molar-refractivity contribution in [3.63, 3.8) is 0 Å². The van der Waals surface area contributed by atoms with Gasteiger partial charge in [-0.15, -0.1) is 0 Å². The third-order valence-corrected chi connectivity index (χ3v) is 3.16. The number of rotatable bonds is 5. The van der Waals surface area contributed by atoms with Gasteiger partial charge < -0.3 is 14.7 Å². The van der Waals surface area contributed by atoms with E-state index in [-0.39, 0.29) is 23.2 Å². The van der Waals surface area contributed by atoms with E-state index >= 15 is 0 Å². The second kappa shape index (κ2) is 5.83. The minimum absolute atomic E-state index is 0.0404. The van der Waals surface area contributed by atoms with Crippen molar-refractivity contribution < 1.29 is 19.6 Å². The van der Waals surface area contributed by atoms with Crippen molar-refractivity contribution in [2.45, 2.75) is 18.9 Å². The summed E-state index contributed by atoms with van der Waals surface area (Å²) in [4.78, 5) is 26.8. The lowest BCUT2D eigenvalue weighted by atomic mass is 10.2. The smallest absolute Gasteiger partial charge is 0.339 e. The molecule has 1 aromatic rings. The summed E-state index contributed by atoms with van der Waals surface area (Å²) in [6, 6.07) is 1.02. The Labute approximate surface area is 115 Å². The molecule has 0 bridgehead atoms. The number of nitro groups is 1. The molecule has 1 atom stereocenters. The minimum Gasteiger partial charge on any atom is -0.478 e. The number of ether oxygens (including phenoxy) is 1. The first kappa shape index (κ1) is 14.2. The molecular formula is C12H15N3O5. The molecule has 20 heavy (non-hydrogen) atoms. The van der Waals surface area contributed by atoms with Crippen molar-refractivity contribution in [3.8, 4) is 0 Å². The number of carboxylic acid groups (broad SMARTS) is 1. The second-order valence-electron chi connectivity index (χ2n) is 4.64. The molecule has 0 spiro atoms. The van der Waals surface area contributed by atoms with E-state index in [2.05, 4.69) is 4.98 Å². The summed E-state index contributed by atoms with van der Waals surface area (Å²) in [5.74, 6) is -1.03. The van der Waals surface area contributed by atoms with Crippen molar-refractivity contribution in [3.05, 3.63) is 27.9 Å². The standard InChI is InChI=1S/C12H15N3O5/c1-14(7-9-3-2-4-20-9)11-10(12(16)17)5-8(6-13-11)15(18)19/h5-6,9H,2-4,7H2,1H3,(H,16,17). The van der Waals surface area contributed by atoms with E-state index in [9.17, 15) is 14.9 Å². The monoisotopic (exact) mass is 281 g/mol. The number of likely N-dealkylation sites (N-methyl/N-ethyl adjacent to an activating group) is 1. The highest BCUT2D eigenvalue weighted by Gasteiger charge is 2.23. The molecule has 0 radical (unpaired) electrons. The Bertz CT molecular complexity index is 528. The van der Waals surface area contributed by atoms with Gasteiger partial charge in [0, 0.05) is 26.3 Å². The Morgan fingerprint density at radius 1 is 1.70 bits per heavy atom. The molecule has 1 aliphatic rings. The Kier molecular flexibility index (Phi) is 4.14. The average molecular weight is 281 g/mol. The predicted molar refractivity (Wildman–Crippen MR) is 70.1 cm³/mol. The molecule has 1 N–H and O–H groups in total. The van der Waals surface area contributed by atoms with Gasteiger partial charge in [-0.05, 0) is 12.8 Å². The zero-order valence-corrected chi connectivity index (χ0v) is 11.0. The van der Waals surface area contributed by atoms with Gasteiger partial charge in [0.2, 0.25) is 0 Å². The fourth-order valence-electron chi connectivity index (χ4n) is 2.19. The third-order valence-electron chi connectivity index (χ3n) is 3.16. The summed E-state index contributed by atoms with van der Waals surface area (Å²) in [5, 5.41) is 19.8. The van der Waals surface area contributed by atoms with Gasteiger partial charge in [-0.1, -0.05) is 0 Å². The first-order chi connectivity index (χ1) is 9.49. The molecule has 2 rings (SSSR count). The van der Waals surface area contributed by atoms with Crippen LogP contribution in [0.3, 0.4) is 0 Å². The molecule has 0 aliphatic carbocycles. The SMILES string of the molecule is CN(CC1CCCO1)c1ncc([N+](=O)[O-])cc1C(=O)O. The normalized spacial score (nSPS) is 17.9. The number of carboxylic acids is 1. The van der Waals surface area contributed by atoms with Crippen molar-refractivity contribution in [2.24, 2.45) is 0 Å². The number of carbonyl (C=O) groups is 1. The van der Waals surface area contributed by atoms with Crippen LogP contribution in [0.25, 0.3) is 0 Å². The van der Waals surface area contributed by atoms with Crippen LogP contribution in [0.4, 0.5) is 11.5 Å². The Morgan fingerprint density at radius 3 is 3.00 bits per heavy atom. The van der Waals surface area contributed by atoms with Crippen molar-refractivity contribution in [1.82, 2.24) is 4.98 Å². The van der Waals surface area contributed by atoms with Crippen LogP contribution in [0.5, 0.6) is 0 Å². The Morgan fingerprint density at radius 2 is 2.45 bits per heavy atom. The number of hydrogen-bond acceptors (Lipinski definition) is 6. The molecule has 0 aromatic carbocycles. The van der Waals surface area contributed by atoms with Crippen molar-refractivity contribution in [2.75, 3.05) is 25.1 Å². The number of aromatic carboxylic acids is 1. The zero-order chi connectivity index (χ0) is 14.7. The zero-order valence-electron chi connectivity index (χ0n) is 11.0. The lowest BCUT2D eigenvalue weighted by Crippen LogP contribution is -2.30. The quantitative estimate of drug-likeness (QED) is 0.640. The van der Waals surface area contributed by atoms with Crippen molar-refractivity contribution >= 4 is 17.5 Å². The molecule has 108 valence electrons. The molecule has 1 aliphatic heterocycles. The van der Waals surface area contributed by atoms with Crippen LogP contribution in [0.2, 0.25) is 0 Å². The molecule has 1 saturated heterocycles. The highest BCUT2D eigenvalue weighted by molar-refractivity contribution is 5.94. The number of nitrogens with zero attached hydrogens (tertiary/aromatic N) is 3. The summed E-state index contributed by atoms with van der Waals surface area (Å²) < 4.78 is 5.48. The lowest BCUT2D eigenvalue weighted by molar-refractivity contribution is -0.385. The molecule has 2 heterocycles. The summed E-state index contributed by atoms with van der Waals surface area (Å²) in [6.45, 7) is 1.21. The Hall–Kier alpha value is -2.22. The van der Waals surface area contributed by atoms with Gasteiger partial charge in [0.05, 0.1) is 11.0 Å². The van der Waals surface area contributed by atoms with E-state index in [1.54, 1.807) is 11.9 Å². The maximum absolute atomic E-state index is 11.2. The number of anilines is 1. The van der Waals surface area contributed by atoms with Crippen LogP contribution in [0.1, 0.15) is 23.2 Å². The highest BCUT2D eigenvalue weighted by atomic mass is 16.6. The summed E-state index contributed by atoms with van der Waals surface area (Å²) in [6.07, 6.45) is 3.00. The summed E-state index contributed by atoms with van der Waals surface area (Å²) in [5.41, 5.74) is -0.517. The average Bonchev–Trinajstić information content (AvgIpc) is 2.90. The van der Waals surface area contributed by atoms with Gasteiger partial charge in [-0.3, -0.25) is 10.1 Å². The highest BCUT2D eigenvalue weighted by Crippen LogP contribution is 2.23. The fourth-order valence-corrected chi connectivity index (χ4v) is 2.19. The van der Waals surface area contributed by atoms with Crippen LogP contribution >= 0.6 is 0 Å². The second-order valence-corrected chi connectivity index (χ2v) is 4.64. The molecule has 1 unspecified atom stereocenters. The minimum atomic E-state index is -1.24. The number of hydrogen-bond donors (Lipinski definition) is 1. The van der Waals surface area contributed by atoms with E-state index < -0.39 is 10.9 Å². The van der Waals surface area contributed by atoms with Gasteiger partial charge in [-0.2, -0.15) is 0 Å². The van der Waals surface area contributed by atoms with Gasteiger partial charge in [0.1, 0.15) is 17.6 Å². The largest absolute Gasteiger partial charge is 0.478 e. The van der Waals surface area contributed by atoms with Gasteiger partial charge in [0.15, 0.2) is 0 Å². The molecule has 0 saturated carbocycles. The Balaban J connectivity index is 2.24. The summed E-state index contributed by atoms with van der Waals surface area (Å²) >= 11 is 0. The maximum atomic E-state index is 11.2. The van der Waals surface area contributed by atoms with Crippen molar-refractivity contribution in [1.29, 1.82) is 0 Å². The third kappa shape index (κ3) is 3.02. The number of aromatic nitrogens is 1. The molecule has 8 nitrogen and oxygen atoms in total. The van der Waals surface area contributed by atoms with Crippen LogP contribution in [-0.4, -0.2) is 47.3 Å². The van der Waals surface area contributed by atoms with Crippen LogP contribution < -0.4 is 4.90 Å². The van der Waals surface area contributed by atoms with E-state index in [4.69, 9.17) is 9.84 Å². The topological polar surface area (TPSA) is 106 Å². The number of pyridine rings is 1. The van der Waals surface area contributed by atoms with E-state index in [0.717, 1.165) is 25.1 Å². The molecular weight excluding hydrogens is 266 g/mol. The maximum Gasteiger partial charge on any atom is 0.339 e. The molecule has 1 aromatic heterocycles. The first-order valence-corrected chi connectivity index (χ1v) is 6.19. The summed E-state index contributed by atoms with van der Waals surface area (Å²) in [7, 11) is 1.70. The van der Waals surface area contributed by atoms with Crippen LogP contribution in [-0.2, 0) is 4.74 Å². The van der Waals surface area contributed by atoms with Gasteiger partial charge >= 0.3 is 5.97 Å². The van der Waals surface area contributed by atoms with E-state index in [1.165, 1.54) is 0 Å². The predicted octanol–water partition coefficient (Wildman–Crippen LogP) is 1.30. The van der Waals surface area contributed by atoms with Gasteiger partial charge in [-0.25, -0.2) is 9.78 Å². The first-order valence-electron chi connectivity index (χ1n) is 6.19. The molecule has 8 heteroatoms. The van der Waals surface area contributed by atoms with Gasteiger partial charge in [0.25, 0.3) is 5.69 Å².